The fourth-order valence-corrected chi connectivity index (χ4v) is 3.35. The molecule has 7 heteroatoms. The molecule has 0 unspecified atom stereocenters. The number of nitrogens with zero attached hydrogens (tertiary/aromatic N) is 3. The second-order valence-electron chi connectivity index (χ2n) is 5.16. The monoisotopic (exact) mass is 338 g/mol. The largest absolute Gasteiger partial charge is 0.263 e. The van der Waals surface area contributed by atoms with Gasteiger partial charge in [0, 0.05) is 6.07 Å². The summed E-state index contributed by atoms with van der Waals surface area (Å²) in [7, 11) is -3.83. The van der Waals surface area contributed by atoms with Crippen molar-refractivity contribution >= 4 is 15.8 Å². The van der Waals surface area contributed by atoms with Crippen molar-refractivity contribution in [2.45, 2.75) is 11.8 Å². The molecule has 0 saturated carbocycles. The van der Waals surface area contributed by atoms with Crippen LogP contribution in [0, 0.1) is 18.3 Å². The third-order valence-corrected chi connectivity index (χ3v) is 4.70. The maximum Gasteiger partial charge on any atom is 0.263 e. The fraction of sp³-hybridized carbons (Fsp3) is 0.0588. The molecule has 0 aliphatic rings. The van der Waals surface area contributed by atoms with Crippen LogP contribution in [0.2, 0.25) is 0 Å². The minimum atomic E-state index is -3.83. The second kappa shape index (κ2) is 6.18. The number of para-hydroxylation sites is 1. The number of nitriles is 1. The Labute approximate surface area is 140 Å². The van der Waals surface area contributed by atoms with E-state index in [2.05, 4.69) is 9.82 Å². The molecule has 0 aliphatic heterocycles. The van der Waals surface area contributed by atoms with Gasteiger partial charge in [0.15, 0.2) is 0 Å². The Morgan fingerprint density at radius 1 is 1.08 bits per heavy atom. The van der Waals surface area contributed by atoms with Crippen molar-refractivity contribution in [1.29, 1.82) is 5.26 Å². The Hall–Kier alpha value is -3.11. The lowest BCUT2D eigenvalue weighted by Crippen LogP contribution is -2.16. The average Bonchev–Trinajstić information content (AvgIpc) is 2.95. The number of anilines is 1. The molecule has 3 aromatic rings. The Balaban J connectivity index is 2.01. The van der Waals surface area contributed by atoms with E-state index >= 15 is 0 Å². The molecule has 0 fully saturated rings. The first-order valence-electron chi connectivity index (χ1n) is 7.15. The zero-order valence-corrected chi connectivity index (χ0v) is 13.7. The van der Waals surface area contributed by atoms with E-state index in [1.165, 1.54) is 22.9 Å². The minimum Gasteiger partial charge on any atom is -0.263 e. The van der Waals surface area contributed by atoms with Crippen molar-refractivity contribution in [2.24, 2.45) is 0 Å². The van der Waals surface area contributed by atoms with Crippen molar-refractivity contribution in [2.75, 3.05) is 4.72 Å². The molecular formula is C17H14N4O2S. The van der Waals surface area contributed by atoms with Gasteiger partial charge in [0.25, 0.3) is 10.0 Å². The number of hydrogen-bond acceptors (Lipinski definition) is 4. The molecular weight excluding hydrogens is 324 g/mol. The summed E-state index contributed by atoms with van der Waals surface area (Å²) in [6, 6.07) is 18.7. The first kappa shape index (κ1) is 15.8. The van der Waals surface area contributed by atoms with Crippen LogP contribution in [0.1, 0.15) is 11.3 Å². The van der Waals surface area contributed by atoms with Gasteiger partial charge in [-0.3, -0.25) is 4.72 Å². The molecule has 0 aliphatic carbocycles. The molecule has 24 heavy (non-hydrogen) atoms. The number of hydrogen-bond donors (Lipinski definition) is 1. The van der Waals surface area contributed by atoms with Gasteiger partial charge in [-0.05, 0) is 37.3 Å². The van der Waals surface area contributed by atoms with Crippen molar-refractivity contribution in [1.82, 2.24) is 9.78 Å². The quantitative estimate of drug-likeness (QED) is 0.792. The van der Waals surface area contributed by atoms with E-state index in [1.54, 1.807) is 19.1 Å². The number of rotatable bonds is 4. The van der Waals surface area contributed by atoms with E-state index < -0.39 is 10.0 Å². The van der Waals surface area contributed by atoms with Gasteiger partial charge < -0.3 is 0 Å². The lowest BCUT2D eigenvalue weighted by molar-refractivity contribution is 0.600. The summed E-state index contributed by atoms with van der Waals surface area (Å²) >= 11 is 0. The highest BCUT2D eigenvalue weighted by atomic mass is 32.2. The fourth-order valence-electron chi connectivity index (χ4n) is 2.27. The van der Waals surface area contributed by atoms with Crippen LogP contribution in [-0.2, 0) is 10.0 Å². The minimum absolute atomic E-state index is 0.0278. The van der Waals surface area contributed by atoms with Crippen LogP contribution in [-0.4, -0.2) is 18.2 Å². The van der Waals surface area contributed by atoms with Crippen molar-refractivity contribution < 1.29 is 8.42 Å². The van der Waals surface area contributed by atoms with E-state index in [9.17, 15) is 8.42 Å². The zero-order chi connectivity index (χ0) is 17.2. The number of sulfonamides is 1. The predicted molar refractivity (Wildman–Crippen MR) is 90.3 cm³/mol. The van der Waals surface area contributed by atoms with Gasteiger partial charge in [-0.25, -0.2) is 13.1 Å². The van der Waals surface area contributed by atoms with Gasteiger partial charge >= 0.3 is 0 Å². The summed E-state index contributed by atoms with van der Waals surface area (Å²) in [5.41, 5.74) is 1.71. The molecule has 2 aromatic carbocycles. The van der Waals surface area contributed by atoms with Crippen LogP contribution in [0.3, 0.4) is 0 Å². The molecule has 6 nitrogen and oxygen atoms in total. The second-order valence-corrected chi connectivity index (χ2v) is 6.85. The summed E-state index contributed by atoms with van der Waals surface area (Å²) < 4.78 is 29.3. The van der Waals surface area contributed by atoms with Crippen LogP contribution in [0.5, 0.6) is 0 Å². The Morgan fingerprint density at radius 2 is 1.83 bits per heavy atom. The van der Waals surface area contributed by atoms with Crippen LogP contribution in [0.25, 0.3) is 5.69 Å². The van der Waals surface area contributed by atoms with Gasteiger partial charge in [0.2, 0.25) is 0 Å². The maximum absolute atomic E-state index is 12.6. The van der Waals surface area contributed by atoms with Crippen molar-refractivity contribution in [3.05, 3.63) is 71.9 Å². The smallest absolute Gasteiger partial charge is 0.263 e. The third-order valence-electron chi connectivity index (χ3n) is 3.34. The van der Waals surface area contributed by atoms with E-state index in [4.69, 9.17) is 5.26 Å². The van der Waals surface area contributed by atoms with Gasteiger partial charge in [0.1, 0.15) is 5.82 Å². The molecule has 1 aromatic heterocycles. The molecule has 120 valence electrons. The molecule has 0 spiro atoms. The van der Waals surface area contributed by atoms with E-state index in [0.29, 0.717) is 11.5 Å². The topological polar surface area (TPSA) is 87.8 Å². The number of aromatic nitrogens is 2. The first-order chi connectivity index (χ1) is 11.5. The number of aryl methyl sites for hydroxylation is 1. The SMILES string of the molecule is Cc1cc(NS(=O)(=O)c2cccc(C#N)c2)n(-c2ccccc2)n1. The normalized spacial score (nSPS) is 11.0. The van der Waals surface area contributed by atoms with Crippen molar-refractivity contribution in [3.8, 4) is 11.8 Å². The molecule has 1 N–H and O–H groups in total. The highest BCUT2D eigenvalue weighted by molar-refractivity contribution is 7.92. The third kappa shape index (κ3) is 3.14. The van der Waals surface area contributed by atoms with Gasteiger partial charge in [-0.1, -0.05) is 24.3 Å². The van der Waals surface area contributed by atoms with Crippen LogP contribution < -0.4 is 4.72 Å². The van der Waals surface area contributed by atoms with E-state index in [1.807, 2.05) is 36.4 Å². The molecule has 3 rings (SSSR count). The summed E-state index contributed by atoms with van der Waals surface area (Å²) in [6.07, 6.45) is 0. The van der Waals surface area contributed by atoms with Crippen molar-refractivity contribution in [3.63, 3.8) is 0 Å². The first-order valence-corrected chi connectivity index (χ1v) is 8.63. The van der Waals surface area contributed by atoms with Gasteiger partial charge in [-0.2, -0.15) is 10.4 Å². The summed E-state index contributed by atoms with van der Waals surface area (Å²) in [6.45, 7) is 1.79. The highest BCUT2D eigenvalue weighted by Gasteiger charge is 2.18. The van der Waals surface area contributed by atoms with Crippen LogP contribution in [0.15, 0.2) is 65.6 Å². The van der Waals surface area contributed by atoms with E-state index in [0.717, 1.165) is 5.69 Å². The molecule has 1 heterocycles. The molecule has 0 atom stereocenters. The van der Waals surface area contributed by atoms with Gasteiger partial charge in [0.05, 0.1) is 27.9 Å². The lowest BCUT2D eigenvalue weighted by Gasteiger charge is -2.10. The average molecular weight is 338 g/mol. The van der Waals surface area contributed by atoms with Crippen LogP contribution >= 0.6 is 0 Å². The summed E-state index contributed by atoms with van der Waals surface area (Å²) in [5.74, 6) is 0.334. The maximum atomic E-state index is 12.6. The molecule has 0 saturated heterocycles. The molecule has 0 bridgehead atoms. The Bertz CT molecular complexity index is 1020. The standard InChI is InChI=1S/C17H14N4O2S/c1-13-10-17(21(19-13)15-7-3-2-4-8-15)20-24(22,23)16-9-5-6-14(11-16)12-18/h2-11,20H,1H3. The van der Waals surface area contributed by atoms with Crippen LogP contribution in [0.4, 0.5) is 5.82 Å². The Kier molecular flexibility index (Phi) is 4.06. The Morgan fingerprint density at radius 3 is 2.54 bits per heavy atom. The zero-order valence-electron chi connectivity index (χ0n) is 12.8. The predicted octanol–water partition coefficient (Wildman–Crippen LogP) is 2.85. The summed E-state index contributed by atoms with van der Waals surface area (Å²) in [5, 5.41) is 13.3. The highest BCUT2D eigenvalue weighted by Crippen LogP contribution is 2.21. The lowest BCUT2D eigenvalue weighted by atomic mass is 10.2. The van der Waals surface area contributed by atoms with Gasteiger partial charge in [-0.15, -0.1) is 0 Å². The molecule has 0 amide bonds. The molecule has 0 radical (unpaired) electrons. The number of nitrogens with one attached hydrogen (secondary N) is 1. The van der Waals surface area contributed by atoms with E-state index in [-0.39, 0.29) is 10.5 Å². The summed E-state index contributed by atoms with van der Waals surface area (Å²) in [4.78, 5) is 0.0278. The number of benzene rings is 2.